The monoisotopic (exact) mass is 627 g/mol. The van der Waals surface area contributed by atoms with Gasteiger partial charge < -0.3 is 10.1 Å². The second-order valence-corrected chi connectivity index (χ2v) is 13.5. The topological polar surface area (TPSA) is 36.3 Å². The molecule has 0 aromatic heterocycles. The number of allylic oxidation sites excluding steroid dienone is 8. The average molecular weight is 627 g/mol. The van der Waals surface area contributed by atoms with Gasteiger partial charge in [-0.25, -0.2) is 0 Å². The number of hydrogen-bond donors (Lipinski definition) is 1. The van der Waals surface area contributed by atoms with Gasteiger partial charge in [-0.1, -0.05) is 152 Å². The second kappa shape index (κ2) is 37.0. The Bertz CT molecular complexity index is 674. The van der Waals surface area contributed by atoms with Crippen molar-refractivity contribution in [3.8, 4) is 0 Å². The lowest BCUT2D eigenvalue weighted by atomic mass is 10.0. The summed E-state index contributed by atoms with van der Waals surface area (Å²) in [7, 11) is 2.07. The summed E-state index contributed by atoms with van der Waals surface area (Å²) in [6.07, 6.45) is 52.7. The van der Waals surface area contributed by atoms with Gasteiger partial charge in [0.25, 0.3) is 0 Å². The summed E-state index contributed by atoms with van der Waals surface area (Å²) >= 11 is 0. The van der Waals surface area contributed by atoms with Crippen LogP contribution in [0.25, 0.3) is 0 Å². The molecule has 0 heterocycles. The maximum Gasteiger partial charge on any atom is 0.0994 e. The number of nitrogens with zero attached hydrogens (tertiary/aromatic N) is 1. The van der Waals surface area contributed by atoms with Gasteiger partial charge in [-0.2, -0.15) is 0 Å². The highest BCUT2D eigenvalue weighted by Gasteiger charge is 2.11. The van der Waals surface area contributed by atoms with Gasteiger partial charge in [0.05, 0.1) is 12.8 Å². The molecule has 0 saturated heterocycles. The van der Waals surface area contributed by atoms with Crippen LogP contribution in [-0.2, 0) is 4.74 Å². The molecule has 0 aliphatic rings. The molecular weight excluding hydrogens is 548 g/mol. The lowest BCUT2D eigenvalue weighted by Crippen LogP contribution is -2.29. The van der Waals surface area contributed by atoms with Crippen molar-refractivity contribution in [2.24, 2.45) is 0 Å². The SMILES string of the molecule is CCCCC/C=C\C/C=C\CCCCCCCCC(CCCCCCCC/C=C\C/C=C\CCCCC)OCN(C)CC(C)=N. The van der Waals surface area contributed by atoms with Crippen LogP contribution >= 0.6 is 0 Å². The Morgan fingerprint density at radius 3 is 1.27 bits per heavy atom. The van der Waals surface area contributed by atoms with Crippen LogP contribution < -0.4 is 0 Å². The molecule has 0 bridgehead atoms. The zero-order chi connectivity index (χ0) is 32.9. The molecule has 0 aromatic rings. The van der Waals surface area contributed by atoms with Crippen LogP contribution in [0.2, 0.25) is 0 Å². The maximum absolute atomic E-state index is 7.76. The molecule has 3 heteroatoms. The van der Waals surface area contributed by atoms with Gasteiger partial charge in [0, 0.05) is 12.3 Å². The van der Waals surface area contributed by atoms with Crippen molar-refractivity contribution >= 4 is 5.71 Å². The summed E-state index contributed by atoms with van der Waals surface area (Å²) in [6, 6.07) is 0. The fraction of sp³-hybridized carbons (Fsp3) is 0.786. The first-order valence-corrected chi connectivity index (χ1v) is 19.5. The van der Waals surface area contributed by atoms with Gasteiger partial charge in [0.2, 0.25) is 0 Å². The molecule has 0 rings (SSSR count). The number of ether oxygens (including phenoxy) is 1. The number of unbranched alkanes of at least 4 members (excludes halogenated alkanes) is 18. The smallest absolute Gasteiger partial charge is 0.0994 e. The molecule has 0 fully saturated rings. The van der Waals surface area contributed by atoms with E-state index in [0.717, 1.165) is 12.8 Å². The first-order valence-electron chi connectivity index (χ1n) is 19.5. The molecular formula is C42H78N2O. The average Bonchev–Trinajstić information content (AvgIpc) is 3.02. The third-order valence-electron chi connectivity index (χ3n) is 8.49. The Labute approximate surface area is 283 Å². The Morgan fingerprint density at radius 1 is 0.533 bits per heavy atom. The van der Waals surface area contributed by atoms with Gasteiger partial charge in [-0.3, -0.25) is 4.90 Å². The molecule has 0 saturated carbocycles. The quantitative estimate of drug-likeness (QED) is 0.0329. The first kappa shape index (κ1) is 43.5. The summed E-state index contributed by atoms with van der Waals surface area (Å²) in [4.78, 5) is 2.13. The fourth-order valence-electron chi connectivity index (χ4n) is 5.71. The van der Waals surface area contributed by atoms with Crippen LogP contribution in [-0.4, -0.2) is 37.0 Å². The molecule has 262 valence electrons. The fourth-order valence-corrected chi connectivity index (χ4v) is 5.71. The predicted molar refractivity (Wildman–Crippen MR) is 204 cm³/mol. The standard InChI is InChI=1S/C42H78N2O/c1-5-7-9-11-13-15-17-19-21-23-25-27-29-31-33-35-37-42(45-40-44(4)39-41(3)43)38-36-34-32-30-28-26-24-22-20-18-16-14-12-10-8-6-2/h13-16,19-22,42-43H,5-12,17-18,23-40H2,1-4H3/b15-13-,16-14-,21-19-,22-20-,43-41?. The highest BCUT2D eigenvalue weighted by atomic mass is 16.5. The van der Waals surface area contributed by atoms with E-state index in [-0.39, 0.29) is 0 Å². The van der Waals surface area contributed by atoms with Crippen molar-refractivity contribution in [1.82, 2.24) is 4.90 Å². The van der Waals surface area contributed by atoms with Crippen LogP contribution in [0.4, 0.5) is 0 Å². The van der Waals surface area contributed by atoms with E-state index in [1.165, 1.54) is 154 Å². The summed E-state index contributed by atoms with van der Waals surface area (Å²) < 4.78 is 6.36. The van der Waals surface area contributed by atoms with Gasteiger partial charge in [-0.05, 0) is 91.0 Å². The third-order valence-corrected chi connectivity index (χ3v) is 8.49. The van der Waals surface area contributed by atoms with Crippen LogP contribution in [0.3, 0.4) is 0 Å². The minimum Gasteiger partial charge on any atom is -0.363 e. The number of nitrogens with one attached hydrogen (secondary N) is 1. The van der Waals surface area contributed by atoms with Gasteiger partial charge >= 0.3 is 0 Å². The normalized spacial score (nSPS) is 12.5. The highest BCUT2D eigenvalue weighted by Crippen LogP contribution is 2.18. The number of hydrogen-bond acceptors (Lipinski definition) is 3. The predicted octanol–water partition coefficient (Wildman–Crippen LogP) is 13.7. The molecule has 0 aliphatic carbocycles. The van der Waals surface area contributed by atoms with E-state index < -0.39 is 0 Å². The van der Waals surface area contributed by atoms with E-state index in [4.69, 9.17) is 10.1 Å². The summed E-state index contributed by atoms with van der Waals surface area (Å²) in [5.41, 5.74) is 0.702. The van der Waals surface area contributed by atoms with Crippen LogP contribution in [0.1, 0.15) is 188 Å². The van der Waals surface area contributed by atoms with Crippen LogP contribution in [0.5, 0.6) is 0 Å². The van der Waals surface area contributed by atoms with E-state index >= 15 is 0 Å². The van der Waals surface area contributed by atoms with Crippen molar-refractivity contribution in [2.75, 3.05) is 20.3 Å². The Balaban J connectivity index is 3.94. The van der Waals surface area contributed by atoms with Crippen LogP contribution in [0, 0.1) is 5.41 Å². The minimum atomic E-state index is 0.371. The zero-order valence-electron chi connectivity index (χ0n) is 30.9. The first-order chi connectivity index (χ1) is 22.1. The molecule has 0 atom stereocenters. The molecule has 0 amide bonds. The Kier molecular flexibility index (Phi) is 35.8. The lowest BCUT2D eigenvalue weighted by molar-refractivity contribution is -0.0174. The van der Waals surface area contributed by atoms with E-state index in [0.29, 0.717) is 25.1 Å². The van der Waals surface area contributed by atoms with E-state index in [2.05, 4.69) is 74.4 Å². The summed E-state index contributed by atoms with van der Waals surface area (Å²) in [6.45, 7) is 7.75. The van der Waals surface area contributed by atoms with Gasteiger partial charge in [-0.15, -0.1) is 0 Å². The second-order valence-electron chi connectivity index (χ2n) is 13.5. The summed E-state index contributed by atoms with van der Waals surface area (Å²) in [5.74, 6) is 0. The molecule has 0 aromatic carbocycles. The Hall–Kier alpha value is -1.45. The third kappa shape index (κ3) is 36.9. The van der Waals surface area contributed by atoms with Crippen LogP contribution in [0.15, 0.2) is 48.6 Å². The van der Waals surface area contributed by atoms with Gasteiger partial charge in [0.1, 0.15) is 0 Å². The molecule has 1 N–H and O–H groups in total. The largest absolute Gasteiger partial charge is 0.363 e. The van der Waals surface area contributed by atoms with Crippen molar-refractivity contribution in [2.45, 2.75) is 194 Å². The lowest BCUT2D eigenvalue weighted by Gasteiger charge is -2.22. The molecule has 0 radical (unpaired) electrons. The molecule has 3 nitrogen and oxygen atoms in total. The van der Waals surface area contributed by atoms with Crippen molar-refractivity contribution < 1.29 is 4.74 Å². The molecule has 0 spiro atoms. The maximum atomic E-state index is 7.76. The Morgan fingerprint density at radius 2 is 0.889 bits per heavy atom. The molecule has 45 heavy (non-hydrogen) atoms. The van der Waals surface area contributed by atoms with Crippen molar-refractivity contribution in [3.63, 3.8) is 0 Å². The summed E-state index contributed by atoms with van der Waals surface area (Å²) in [5, 5.41) is 7.76. The highest BCUT2D eigenvalue weighted by molar-refractivity contribution is 5.80. The molecule has 0 aliphatic heterocycles. The van der Waals surface area contributed by atoms with Gasteiger partial charge in [0.15, 0.2) is 0 Å². The number of rotatable bonds is 35. The molecule has 0 unspecified atom stereocenters. The van der Waals surface area contributed by atoms with E-state index in [1.54, 1.807) is 0 Å². The van der Waals surface area contributed by atoms with E-state index in [9.17, 15) is 0 Å². The zero-order valence-corrected chi connectivity index (χ0v) is 30.9. The van der Waals surface area contributed by atoms with E-state index in [1.807, 2.05) is 6.92 Å². The van der Waals surface area contributed by atoms with Crippen molar-refractivity contribution in [3.05, 3.63) is 48.6 Å². The minimum absolute atomic E-state index is 0.371. The van der Waals surface area contributed by atoms with Crippen molar-refractivity contribution in [1.29, 1.82) is 5.41 Å².